The molecule has 0 saturated heterocycles. The van der Waals surface area contributed by atoms with Gasteiger partial charge in [-0.15, -0.1) is 0 Å². The molecule has 0 unspecified atom stereocenters. The topological polar surface area (TPSA) is 120 Å². The van der Waals surface area contributed by atoms with Crippen LogP contribution < -0.4 is 10.9 Å². The zero-order chi connectivity index (χ0) is 21.5. The van der Waals surface area contributed by atoms with Crippen LogP contribution in [0.5, 0.6) is 0 Å². The van der Waals surface area contributed by atoms with Gasteiger partial charge in [0.1, 0.15) is 5.52 Å². The lowest BCUT2D eigenvalue weighted by Crippen LogP contribution is -2.33. The van der Waals surface area contributed by atoms with Crippen molar-refractivity contribution in [3.8, 4) is 0 Å². The van der Waals surface area contributed by atoms with Gasteiger partial charge in [-0.05, 0) is 43.0 Å². The minimum atomic E-state index is -3.31. The number of hydrogen-bond donors (Lipinski definition) is 1. The van der Waals surface area contributed by atoms with Gasteiger partial charge in [-0.1, -0.05) is 13.8 Å². The Morgan fingerprint density at radius 3 is 2.53 bits per heavy atom. The zero-order valence-corrected chi connectivity index (χ0v) is 18.2. The first-order valence-corrected chi connectivity index (χ1v) is 11.7. The number of pyridine rings is 1. The van der Waals surface area contributed by atoms with E-state index in [4.69, 9.17) is 11.6 Å². The molecule has 1 saturated carbocycles. The van der Waals surface area contributed by atoms with E-state index in [0.717, 1.165) is 19.3 Å². The molecule has 11 heteroatoms. The van der Waals surface area contributed by atoms with Crippen LogP contribution in [0.15, 0.2) is 34.2 Å². The predicted molar refractivity (Wildman–Crippen MR) is 113 cm³/mol. The third kappa shape index (κ3) is 3.65. The molecule has 3 aromatic rings. The molecule has 4 rings (SSSR count). The summed E-state index contributed by atoms with van der Waals surface area (Å²) in [5, 5.41) is 3.09. The van der Waals surface area contributed by atoms with Crippen molar-refractivity contribution < 1.29 is 8.42 Å². The van der Waals surface area contributed by atoms with E-state index in [-0.39, 0.29) is 39.4 Å². The fourth-order valence-corrected chi connectivity index (χ4v) is 4.39. The number of hydrogen-bond acceptors (Lipinski definition) is 8. The Morgan fingerprint density at radius 2 is 1.93 bits per heavy atom. The van der Waals surface area contributed by atoms with E-state index >= 15 is 0 Å². The smallest absolute Gasteiger partial charge is 0.295 e. The number of halogens is 1. The summed E-state index contributed by atoms with van der Waals surface area (Å²) < 4.78 is 25.5. The van der Waals surface area contributed by atoms with Crippen molar-refractivity contribution >= 4 is 38.4 Å². The molecule has 30 heavy (non-hydrogen) atoms. The van der Waals surface area contributed by atoms with Gasteiger partial charge in [0.15, 0.2) is 21.3 Å². The van der Waals surface area contributed by atoms with E-state index in [9.17, 15) is 13.2 Å². The highest BCUT2D eigenvalue weighted by atomic mass is 35.5. The minimum Gasteiger partial charge on any atom is -0.360 e. The van der Waals surface area contributed by atoms with Crippen molar-refractivity contribution in [1.82, 2.24) is 24.5 Å². The molecule has 3 aromatic heterocycles. The lowest BCUT2D eigenvalue weighted by atomic mass is 10.2. The molecule has 1 N–H and O–H groups in total. The normalized spacial score (nSPS) is 15.3. The van der Waals surface area contributed by atoms with Crippen LogP contribution in [0.25, 0.3) is 11.2 Å². The van der Waals surface area contributed by atoms with E-state index < -0.39 is 9.84 Å². The molecular formula is C19H21ClN6O3S. The summed E-state index contributed by atoms with van der Waals surface area (Å²) >= 11 is 5.96. The Balaban J connectivity index is 1.68. The average molecular weight is 449 g/mol. The van der Waals surface area contributed by atoms with E-state index in [1.165, 1.54) is 18.5 Å². The fraction of sp³-hybridized carbons (Fsp3) is 0.421. The van der Waals surface area contributed by atoms with Crippen molar-refractivity contribution in [2.45, 2.75) is 50.1 Å². The fourth-order valence-electron chi connectivity index (χ4n) is 3.43. The second kappa shape index (κ2) is 7.59. The number of aromatic nitrogens is 5. The third-order valence-corrected chi connectivity index (χ3v) is 7.41. The lowest BCUT2D eigenvalue weighted by Gasteiger charge is -2.19. The molecule has 9 nitrogen and oxygen atoms in total. The first-order valence-electron chi connectivity index (χ1n) is 9.67. The van der Waals surface area contributed by atoms with Crippen molar-refractivity contribution in [1.29, 1.82) is 0 Å². The molecule has 1 fully saturated rings. The Morgan fingerprint density at radius 1 is 1.17 bits per heavy atom. The van der Waals surface area contributed by atoms with Crippen LogP contribution >= 0.6 is 11.6 Å². The summed E-state index contributed by atoms with van der Waals surface area (Å²) in [4.78, 5) is 30.2. The van der Waals surface area contributed by atoms with Crippen LogP contribution in [-0.4, -0.2) is 38.7 Å². The first-order chi connectivity index (χ1) is 14.3. The third-order valence-electron chi connectivity index (χ3n) is 5.50. The second-order valence-electron chi connectivity index (χ2n) is 7.27. The van der Waals surface area contributed by atoms with Gasteiger partial charge < -0.3 is 5.32 Å². The lowest BCUT2D eigenvalue weighted by molar-refractivity contribution is 0.462. The van der Waals surface area contributed by atoms with Gasteiger partial charge in [-0.3, -0.25) is 14.3 Å². The Hall–Kier alpha value is -2.59. The maximum atomic E-state index is 13.2. The number of nitrogens with zero attached hydrogens (tertiary/aromatic N) is 5. The van der Waals surface area contributed by atoms with Gasteiger partial charge in [-0.2, -0.15) is 4.98 Å². The summed E-state index contributed by atoms with van der Waals surface area (Å²) in [7, 11) is -3.31. The number of anilines is 1. The Bertz CT molecular complexity index is 1270. The van der Waals surface area contributed by atoms with Gasteiger partial charge in [0, 0.05) is 11.7 Å². The zero-order valence-electron chi connectivity index (χ0n) is 16.6. The van der Waals surface area contributed by atoms with Crippen molar-refractivity contribution in [3.05, 3.63) is 45.9 Å². The van der Waals surface area contributed by atoms with Crippen LogP contribution in [-0.2, 0) is 21.9 Å². The highest BCUT2D eigenvalue weighted by molar-refractivity contribution is 7.91. The van der Waals surface area contributed by atoms with Gasteiger partial charge in [-0.25, -0.2) is 18.4 Å². The molecule has 0 spiro atoms. The van der Waals surface area contributed by atoms with E-state index in [0.29, 0.717) is 16.9 Å². The highest BCUT2D eigenvalue weighted by Gasteiger charge is 2.45. The van der Waals surface area contributed by atoms with E-state index in [2.05, 4.69) is 25.3 Å². The van der Waals surface area contributed by atoms with Crippen LogP contribution in [0.3, 0.4) is 0 Å². The average Bonchev–Trinajstić information content (AvgIpc) is 3.53. The molecule has 0 aromatic carbocycles. The summed E-state index contributed by atoms with van der Waals surface area (Å²) in [6, 6.07) is 3.13. The molecule has 1 aliphatic carbocycles. The molecule has 158 valence electrons. The van der Waals surface area contributed by atoms with E-state index in [1.54, 1.807) is 17.6 Å². The number of fused-ring (bicyclic) bond motifs is 1. The minimum absolute atomic E-state index is 0.0120. The summed E-state index contributed by atoms with van der Waals surface area (Å²) in [6.45, 7) is 3.84. The van der Waals surface area contributed by atoms with Crippen LogP contribution in [0, 0.1) is 0 Å². The number of rotatable bonds is 7. The molecular weight excluding hydrogens is 428 g/mol. The Labute approximate surface area is 178 Å². The predicted octanol–water partition coefficient (Wildman–Crippen LogP) is 2.54. The summed E-state index contributed by atoms with van der Waals surface area (Å²) in [5.74, 6) is 0.179. The Kier molecular flexibility index (Phi) is 5.23. The summed E-state index contributed by atoms with van der Waals surface area (Å²) in [6.07, 6.45) is 5.40. The first kappa shape index (κ1) is 20.7. The molecule has 0 bridgehead atoms. The maximum absolute atomic E-state index is 13.2. The van der Waals surface area contributed by atoms with E-state index in [1.807, 2.05) is 6.92 Å². The number of sulfone groups is 1. The quantitative estimate of drug-likeness (QED) is 0.547. The SMILES string of the molecule is CCC1(n2c(=O)c(NCc3ccc(S(=O)(=O)CC)cn3)nc3cnc(Cl)nc32)CC1. The van der Waals surface area contributed by atoms with Gasteiger partial charge in [0.05, 0.1) is 29.1 Å². The highest BCUT2D eigenvalue weighted by Crippen LogP contribution is 2.46. The number of nitrogens with one attached hydrogen (secondary N) is 1. The molecule has 0 aliphatic heterocycles. The monoisotopic (exact) mass is 448 g/mol. The molecule has 3 heterocycles. The van der Waals surface area contributed by atoms with Gasteiger partial charge in [0.2, 0.25) is 5.28 Å². The van der Waals surface area contributed by atoms with Crippen molar-refractivity contribution in [2.75, 3.05) is 11.1 Å². The van der Waals surface area contributed by atoms with Crippen LogP contribution in [0.4, 0.5) is 5.82 Å². The molecule has 0 amide bonds. The van der Waals surface area contributed by atoms with Crippen molar-refractivity contribution in [2.24, 2.45) is 0 Å². The van der Waals surface area contributed by atoms with Crippen LogP contribution in [0.1, 0.15) is 38.8 Å². The molecule has 1 aliphatic rings. The summed E-state index contributed by atoms with van der Waals surface area (Å²) in [5.41, 5.74) is 0.931. The second-order valence-corrected chi connectivity index (χ2v) is 9.89. The van der Waals surface area contributed by atoms with Gasteiger partial charge in [0.25, 0.3) is 5.56 Å². The van der Waals surface area contributed by atoms with Gasteiger partial charge >= 0.3 is 0 Å². The maximum Gasteiger partial charge on any atom is 0.295 e. The molecule has 0 radical (unpaired) electrons. The standard InChI is InChI=1S/C19H21ClN6O3S/c1-3-19(7-8-19)26-16-14(11-23-18(20)25-16)24-15(17(26)27)22-9-12-5-6-13(10-21-12)30(28,29)4-2/h5-6,10-11H,3-4,7-9H2,1-2H3,(H,22,24). The van der Waals surface area contributed by atoms with Crippen molar-refractivity contribution in [3.63, 3.8) is 0 Å². The molecule has 0 atom stereocenters. The largest absolute Gasteiger partial charge is 0.360 e. The van der Waals surface area contributed by atoms with Crippen LogP contribution in [0.2, 0.25) is 5.28 Å².